The van der Waals surface area contributed by atoms with Gasteiger partial charge in [-0.05, 0) is 18.4 Å². The maximum atomic E-state index is 11.8. The summed E-state index contributed by atoms with van der Waals surface area (Å²) in [5.41, 5.74) is 5.94. The van der Waals surface area contributed by atoms with E-state index in [1.54, 1.807) is 11.3 Å². The molecule has 2 heterocycles. The first-order valence-corrected chi connectivity index (χ1v) is 5.69. The Balaban J connectivity index is 2.06. The molecule has 16 heavy (non-hydrogen) atoms. The van der Waals surface area contributed by atoms with E-state index in [9.17, 15) is 4.79 Å². The van der Waals surface area contributed by atoms with Gasteiger partial charge in [0.2, 0.25) is 0 Å². The minimum absolute atomic E-state index is 0.0261. The van der Waals surface area contributed by atoms with Gasteiger partial charge in [0, 0.05) is 4.88 Å². The third-order valence-corrected chi connectivity index (χ3v) is 3.29. The molecule has 1 unspecified atom stereocenters. The molecule has 0 fully saturated rings. The molecule has 0 spiro atoms. The van der Waals surface area contributed by atoms with E-state index in [2.05, 4.69) is 15.5 Å². The van der Waals surface area contributed by atoms with E-state index >= 15 is 0 Å². The molecule has 2 aromatic rings. The van der Waals surface area contributed by atoms with Crippen LogP contribution in [-0.2, 0) is 0 Å². The number of H-pyrrole nitrogens is 1. The molecule has 0 aromatic carbocycles. The van der Waals surface area contributed by atoms with Crippen molar-refractivity contribution in [3.63, 3.8) is 0 Å². The number of nitrogens with two attached hydrogens (primary N) is 1. The van der Waals surface area contributed by atoms with Crippen molar-refractivity contribution >= 4 is 23.1 Å². The normalized spacial score (nSPS) is 12.3. The Hall–Kier alpha value is -1.82. The summed E-state index contributed by atoms with van der Waals surface area (Å²) in [6.45, 7) is 1.93. The quantitative estimate of drug-likeness (QED) is 0.756. The lowest BCUT2D eigenvalue weighted by molar-refractivity contribution is 0.0941. The molecular weight excluding hydrogens is 224 g/mol. The third kappa shape index (κ3) is 2.06. The van der Waals surface area contributed by atoms with E-state index in [-0.39, 0.29) is 17.8 Å². The predicted molar refractivity (Wildman–Crippen MR) is 63.2 cm³/mol. The Morgan fingerprint density at radius 2 is 2.50 bits per heavy atom. The summed E-state index contributed by atoms with van der Waals surface area (Å²) in [5, 5.41) is 11.1. The van der Waals surface area contributed by atoms with Crippen molar-refractivity contribution in [2.45, 2.75) is 13.0 Å². The number of rotatable bonds is 3. The number of carbonyl (C=O) groups is 1. The van der Waals surface area contributed by atoms with Gasteiger partial charge in [0.15, 0.2) is 0 Å². The van der Waals surface area contributed by atoms with E-state index in [1.165, 1.54) is 6.20 Å². The van der Waals surface area contributed by atoms with E-state index in [1.807, 2.05) is 24.4 Å². The fourth-order valence-corrected chi connectivity index (χ4v) is 2.09. The second kappa shape index (κ2) is 4.36. The summed E-state index contributed by atoms with van der Waals surface area (Å²) in [6.07, 6.45) is 1.42. The number of hydrogen-bond acceptors (Lipinski definition) is 4. The van der Waals surface area contributed by atoms with Crippen LogP contribution in [0, 0.1) is 0 Å². The zero-order chi connectivity index (χ0) is 11.5. The number of amides is 1. The van der Waals surface area contributed by atoms with Gasteiger partial charge in [0.05, 0.1) is 12.2 Å². The highest BCUT2D eigenvalue weighted by atomic mass is 32.1. The summed E-state index contributed by atoms with van der Waals surface area (Å²) < 4.78 is 0. The van der Waals surface area contributed by atoms with Crippen LogP contribution >= 0.6 is 11.3 Å². The molecule has 0 aliphatic rings. The highest BCUT2D eigenvalue weighted by molar-refractivity contribution is 7.10. The Labute approximate surface area is 96.7 Å². The number of nitrogen functional groups attached to an aromatic ring is 1. The molecule has 6 heteroatoms. The average molecular weight is 236 g/mol. The highest BCUT2D eigenvalue weighted by Crippen LogP contribution is 2.19. The van der Waals surface area contributed by atoms with Crippen LogP contribution in [0.3, 0.4) is 0 Å². The first-order chi connectivity index (χ1) is 7.68. The van der Waals surface area contributed by atoms with Gasteiger partial charge in [0.1, 0.15) is 11.4 Å². The molecule has 0 aliphatic heterocycles. The largest absolute Gasteiger partial charge is 0.383 e. The fraction of sp³-hybridized carbons (Fsp3) is 0.200. The zero-order valence-corrected chi connectivity index (χ0v) is 9.54. The maximum absolute atomic E-state index is 11.8. The second-order valence-electron chi connectivity index (χ2n) is 3.41. The summed E-state index contributed by atoms with van der Waals surface area (Å²) in [4.78, 5) is 12.9. The Bertz CT molecular complexity index is 477. The smallest absolute Gasteiger partial charge is 0.257 e. The van der Waals surface area contributed by atoms with Gasteiger partial charge in [-0.3, -0.25) is 9.89 Å². The molecular formula is C10H12N4OS. The summed E-state index contributed by atoms with van der Waals surface area (Å²) in [6, 6.07) is 3.91. The molecule has 0 aliphatic carbocycles. The van der Waals surface area contributed by atoms with Crippen LogP contribution in [0.4, 0.5) is 5.82 Å². The number of thiophene rings is 1. The van der Waals surface area contributed by atoms with Crippen molar-refractivity contribution < 1.29 is 4.79 Å². The SMILES string of the molecule is CC(NC(=O)c1cn[nH]c1N)c1cccs1. The molecule has 1 amide bonds. The van der Waals surface area contributed by atoms with Gasteiger partial charge in [-0.15, -0.1) is 11.3 Å². The molecule has 84 valence electrons. The molecule has 0 saturated heterocycles. The second-order valence-corrected chi connectivity index (χ2v) is 4.39. The topological polar surface area (TPSA) is 83.8 Å². The first-order valence-electron chi connectivity index (χ1n) is 4.81. The monoisotopic (exact) mass is 236 g/mol. The van der Waals surface area contributed by atoms with E-state index in [4.69, 9.17) is 5.73 Å². The number of aromatic nitrogens is 2. The van der Waals surface area contributed by atoms with Crippen molar-refractivity contribution in [3.8, 4) is 0 Å². The number of hydrogen-bond donors (Lipinski definition) is 3. The highest BCUT2D eigenvalue weighted by Gasteiger charge is 2.15. The van der Waals surface area contributed by atoms with Gasteiger partial charge < -0.3 is 11.1 Å². The Morgan fingerprint density at radius 3 is 3.06 bits per heavy atom. The van der Waals surface area contributed by atoms with Crippen molar-refractivity contribution in [2.75, 3.05) is 5.73 Å². The van der Waals surface area contributed by atoms with Crippen molar-refractivity contribution in [1.29, 1.82) is 0 Å². The molecule has 0 radical (unpaired) electrons. The van der Waals surface area contributed by atoms with Crippen molar-refractivity contribution in [2.24, 2.45) is 0 Å². The first kappa shape index (κ1) is 10.7. The Morgan fingerprint density at radius 1 is 1.69 bits per heavy atom. The van der Waals surface area contributed by atoms with Gasteiger partial charge in [-0.1, -0.05) is 6.07 Å². The Kier molecular flexibility index (Phi) is 2.91. The summed E-state index contributed by atoms with van der Waals surface area (Å²) in [5.74, 6) is 0.0722. The van der Waals surface area contributed by atoms with Crippen LogP contribution < -0.4 is 11.1 Å². The molecule has 0 bridgehead atoms. The van der Waals surface area contributed by atoms with Crippen LogP contribution in [0.15, 0.2) is 23.7 Å². The zero-order valence-electron chi connectivity index (χ0n) is 8.73. The van der Waals surface area contributed by atoms with Crippen molar-refractivity contribution in [3.05, 3.63) is 34.2 Å². The molecule has 2 rings (SSSR count). The van der Waals surface area contributed by atoms with Gasteiger partial charge in [-0.2, -0.15) is 5.10 Å². The predicted octanol–water partition coefficient (Wildman–Crippen LogP) is 1.54. The molecule has 0 saturated carbocycles. The molecule has 4 N–H and O–H groups in total. The molecule has 1 atom stereocenters. The average Bonchev–Trinajstić information content (AvgIpc) is 2.86. The number of nitrogens with zero attached hydrogens (tertiary/aromatic N) is 1. The summed E-state index contributed by atoms with van der Waals surface area (Å²) in [7, 11) is 0. The minimum Gasteiger partial charge on any atom is -0.383 e. The molecule has 2 aromatic heterocycles. The van der Waals surface area contributed by atoms with Gasteiger partial charge in [0.25, 0.3) is 5.91 Å². The minimum atomic E-state index is -0.216. The fourth-order valence-electron chi connectivity index (χ4n) is 1.36. The van der Waals surface area contributed by atoms with E-state index in [0.717, 1.165) is 4.88 Å². The lowest BCUT2D eigenvalue weighted by Gasteiger charge is -2.11. The summed E-state index contributed by atoms with van der Waals surface area (Å²) >= 11 is 1.61. The van der Waals surface area contributed by atoms with Crippen LogP contribution in [0.2, 0.25) is 0 Å². The van der Waals surface area contributed by atoms with Gasteiger partial charge in [-0.25, -0.2) is 0 Å². The standard InChI is InChI=1S/C10H12N4OS/c1-6(8-3-2-4-16-8)13-10(15)7-5-12-14-9(7)11/h2-6H,1H3,(H,13,15)(H3,11,12,14). The van der Waals surface area contributed by atoms with Crippen LogP contribution in [0.1, 0.15) is 28.2 Å². The molecule has 5 nitrogen and oxygen atoms in total. The number of carbonyl (C=O) groups excluding carboxylic acids is 1. The number of nitrogens with one attached hydrogen (secondary N) is 2. The van der Waals surface area contributed by atoms with Gasteiger partial charge >= 0.3 is 0 Å². The lowest BCUT2D eigenvalue weighted by Crippen LogP contribution is -2.26. The third-order valence-electron chi connectivity index (χ3n) is 2.23. The lowest BCUT2D eigenvalue weighted by atomic mass is 10.2. The van der Waals surface area contributed by atoms with Crippen LogP contribution in [0.5, 0.6) is 0 Å². The van der Waals surface area contributed by atoms with E-state index in [0.29, 0.717) is 5.56 Å². The number of anilines is 1. The van der Waals surface area contributed by atoms with Crippen LogP contribution in [0.25, 0.3) is 0 Å². The number of aromatic amines is 1. The van der Waals surface area contributed by atoms with E-state index < -0.39 is 0 Å². The van der Waals surface area contributed by atoms with Crippen molar-refractivity contribution in [1.82, 2.24) is 15.5 Å². The maximum Gasteiger partial charge on any atom is 0.257 e. The van der Waals surface area contributed by atoms with Crippen LogP contribution in [-0.4, -0.2) is 16.1 Å².